The second-order valence-electron chi connectivity index (χ2n) is 8.09. The van der Waals surface area contributed by atoms with Gasteiger partial charge in [0.15, 0.2) is 0 Å². The Morgan fingerprint density at radius 1 is 0.818 bits per heavy atom. The monoisotopic (exact) mass is 466 g/mol. The topological polar surface area (TPSA) is 84.5 Å². The number of amides is 1. The van der Waals surface area contributed by atoms with Gasteiger partial charge in [-0.05, 0) is 36.1 Å². The Bertz CT molecular complexity index is 1090. The third-order valence-corrected chi connectivity index (χ3v) is 6.46. The minimum Gasteiger partial charge on any atom is -0.359 e. The zero-order valence-corrected chi connectivity index (χ0v) is 19.7. The molecule has 3 aromatic carbocycles. The van der Waals surface area contributed by atoms with Crippen molar-refractivity contribution in [3.8, 4) is 0 Å². The van der Waals surface area contributed by atoms with Crippen LogP contribution in [0.2, 0.25) is 0 Å². The normalized spacial score (nSPS) is 11.6. The molecule has 6 nitrogen and oxygen atoms in total. The summed E-state index contributed by atoms with van der Waals surface area (Å²) in [5.74, 6) is -0.414. The lowest BCUT2D eigenvalue weighted by molar-refractivity contribution is -0.127. The van der Waals surface area contributed by atoms with E-state index in [1.54, 1.807) is 26.0 Å². The zero-order chi connectivity index (χ0) is 23.7. The molecular formula is C26H30N2O4S. The molecule has 3 aromatic rings. The number of carbonyl (C=O) groups is 1. The van der Waals surface area contributed by atoms with Crippen LogP contribution < -0.4 is 10.0 Å². The molecule has 33 heavy (non-hydrogen) atoms. The molecule has 0 aromatic heterocycles. The Morgan fingerprint density at radius 2 is 1.33 bits per heavy atom. The highest BCUT2D eigenvalue weighted by Gasteiger charge is 2.18. The van der Waals surface area contributed by atoms with Crippen molar-refractivity contribution in [3.63, 3.8) is 0 Å². The summed E-state index contributed by atoms with van der Waals surface area (Å²) in [4.78, 5) is 12.6. The van der Waals surface area contributed by atoms with Crippen LogP contribution in [0.25, 0.3) is 0 Å². The van der Waals surface area contributed by atoms with Gasteiger partial charge in [0, 0.05) is 12.6 Å². The summed E-state index contributed by atoms with van der Waals surface area (Å²) in [7, 11) is -3.47. The molecule has 1 amide bonds. The van der Waals surface area contributed by atoms with Crippen LogP contribution in [0.4, 0.5) is 0 Å². The molecule has 0 bridgehead atoms. The number of rotatable bonds is 11. The van der Waals surface area contributed by atoms with Gasteiger partial charge in [-0.15, -0.1) is 0 Å². The van der Waals surface area contributed by atoms with Gasteiger partial charge in [-0.25, -0.2) is 13.1 Å². The van der Waals surface area contributed by atoms with E-state index in [-0.39, 0.29) is 37.0 Å². The molecule has 0 saturated carbocycles. The molecule has 0 atom stereocenters. The summed E-state index contributed by atoms with van der Waals surface area (Å²) in [6.45, 7) is 3.66. The van der Waals surface area contributed by atoms with Crippen LogP contribution in [0.5, 0.6) is 0 Å². The first-order chi connectivity index (χ1) is 15.8. The first-order valence-corrected chi connectivity index (χ1v) is 12.5. The number of nitrogens with one attached hydrogen (secondary N) is 2. The lowest BCUT2D eigenvalue weighted by Crippen LogP contribution is -2.32. The van der Waals surface area contributed by atoms with Crippen LogP contribution >= 0.6 is 0 Å². The predicted octanol–water partition coefficient (Wildman–Crippen LogP) is 3.94. The van der Waals surface area contributed by atoms with Crippen molar-refractivity contribution >= 4 is 15.9 Å². The molecular weight excluding hydrogens is 436 g/mol. The predicted molar refractivity (Wildman–Crippen MR) is 130 cm³/mol. The smallest absolute Gasteiger partial charge is 0.246 e. The Balaban J connectivity index is 1.62. The number of hydrogen-bond donors (Lipinski definition) is 2. The van der Waals surface area contributed by atoms with Gasteiger partial charge in [0.1, 0.15) is 12.7 Å². The molecule has 0 aliphatic carbocycles. The summed E-state index contributed by atoms with van der Waals surface area (Å²) in [5.41, 5.74) is 3.33. The molecule has 7 heteroatoms. The maximum atomic E-state index is 12.6. The minimum atomic E-state index is -3.47. The van der Waals surface area contributed by atoms with Gasteiger partial charge < -0.3 is 10.1 Å². The molecule has 2 N–H and O–H groups in total. The van der Waals surface area contributed by atoms with Crippen molar-refractivity contribution in [2.24, 2.45) is 0 Å². The van der Waals surface area contributed by atoms with Crippen LogP contribution in [-0.2, 0) is 31.9 Å². The van der Waals surface area contributed by atoms with Gasteiger partial charge >= 0.3 is 0 Å². The van der Waals surface area contributed by atoms with Crippen molar-refractivity contribution < 1.29 is 17.9 Å². The van der Waals surface area contributed by atoms with E-state index < -0.39 is 10.0 Å². The van der Waals surface area contributed by atoms with Crippen molar-refractivity contribution in [1.82, 2.24) is 10.0 Å². The summed E-state index contributed by atoms with van der Waals surface area (Å²) >= 11 is 0. The van der Waals surface area contributed by atoms with Crippen LogP contribution in [0.3, 0.4) is 0 Å². The van der Waals surface area contributed by atoms with E-state index in [0.29, 0.717) is 5.56 Å². The molecule has 0 unspecified atom stereocenters. The summed E-state index contributed by atoms with van der Waals surface area (Å²) in [6, 6.07) is 26.5. The molecule has 0 aliphatic rings. The third-order valence-electron chi connectivity index (χ3n) is 4.94. The lowest BCUT2D eigenvalue weighted by atomic mass is 10.0. The van der Waals surface area contributed by atoms with E-state index >= 15 is 0 Å². The highest BCUT2D eigenvalue weighted by atomic mass is 32.2. The van der Waals surface area contributed by atoms with E-state index in [0.717, 1.165) is 16.7 Å². The Hall–Kier alpha value is -3.00. The maximum absolute atomic E-state index is 12.6. The second kappa shape index (κ2) is 11.7. The van der Waals surface area contributed by atoms with Crippen LogP contribution in [0.1, 0.15) is 42.2 Å². The van der Waals surface area contributed by atoms with Crippen molar-refractivity contribution in [2.45, 2.75) is 38.3 Å². The van der Waals surface area contributed by atoms with Gasteiger partial charge in [-0.1, -0.05) is 84.9 Å². The quantitative estimate of drug-likeness (QED) is 0.448. The fourth-order valence-electron chi connectivity index (χ4n) is 3.52. The number of sulfonamides is 1. The Kier molecular flexibility index (Phi) is 8.77. The Labute approximate surface area is 196 Å². The average Bonchev–Trinajstić information content (AvgIpc) is 2.79. The van der Waals surface area contributed by atoms with E-state index in [9.17, 15) is 13.2 Å². The minimum absolute atomic E-state index is 0.121. The number of carbonyl (C=O) groups excluding carboxylic acids is 1. The summed E-state index contributed by atoms with van der Waals surface area (Å²) in [6.07, 6.45) is -0.363. The molecule has 0 fully saturated rings. The fraction of sp³-hybridized carbons (Fsp3) is 0.269. The molecule has 0 radical (unpaired) electrons. The lowest BCUT2D eigenvalue weighted by Gasteiger charge is -2.19. The highest BCUT2D eigenvalue weighted by molar-refractivity contribution is 7.88. The first kappa shape index (κ1) is 24.6. The standard InChI is InChI=1S/C26H30N2O4S/c1-20(2)28-33(30,31)19-24-16-10-9-15-23(24)17-27-25(29)18-32-26(21-11-5-3-6-12-21)22-13-7-4-8-14-22/h3-16,20,26,28H,17-19H2,1-2H3,(H,27,29). The largest absolute Gasteiger partial charge is 0.359 e. The molecule has 0 saturated heterocycles. The van der Waals surface area contributed by atoms with E-state index in [1.165, 1.54) is 0 Å². The first-order valence-electron chi connectivity index (χ1n) is 10.9. The summed E-state index contributed by atoms with van der Waals surface area (Å²) < 4.78 is 33.2. The SMILES string of the molecule is CC(C)NS(=O)(=O)Cc1ccccc1CNC(=O)COC(c1ccccc1)c1ccccc1. The van der Waals surface area contributed by atoms with Gasteiger partial charge in [-0.2, -0.15) is 0 Å². The summed E-state index contributed by atoms with van der Waals surface area (Å²) in [5, 5.41) is 2.85. The van der Waals surface area contributed by atoms with E-state index in [4.69, 9.17) is 4.74 Å². The molecule has 3 rings (SSSR count). The third kappa shape index (κ3) is 7.82. The number of hydrogen-bond acceptors (Lipinski definition) is 4. The molecule has 0 spiro atoms. The maximum Gasteiger partial charge on any atom is 0.246 e. The van der Waals surface area contributed by atoms with Crippen molar-refractivity contribution in [1.29, 1.82) is 0 Å². The zero-order valence-electron chi connectivity index (χ0n) is 18.9. The Morgan fingerprint density at radius 3 is 1.88 bits per heavy atom. The molecule has 0 heterocycles. The van der Waals surface area contributed by atoms with Gasteiger partial charge in [0.05, 0.1) is 5.75 Å². The number of benzene rings is 3. The second-order valence-corrected chi connectivity index (χ2v) is 9.84. The molecule has 0 aliphatic heterocycles. The fourth-order valence-corrected chi connectivity index (χ4v) is 5.01. The van der Waals surface area contributed by atoms with Gasteiger partial charge in [-0.3, -0.25) is 4.79 Å². The van der Waals surface area contributed by atoms with Crippen molar-refractivity contribution in [3.05, 3.63) is 107 Å². The van der Waals surface area contributed by atoms with E-state index in [1.807, 2.05) is 72.8 Å². The van der Waals surface area contributed by atoms with Crippen molar-refractivity contribution in [2.75, 3.05) is 6.61 Å². The number of ether oxygens (including phenoxy) is 1. The van der Waals surface area contributed by atoms with Gasteiger partial charge in [0.25, 0.3) is 0 Å². The van der Waals surface area contributed by atoms with Crippen LogP contribution in [0.15, 0.2) is 84.9 Å². The average molecular weight is 467 g/mol. The highest BCUT2D eigenvalue weighted by Crippen LogP contribution is 2.25. The van der Waals surface area contributed by atoms with Crippen LogP contribution in [-0.4, -0.2) is 27.0 Å². The van der Waals surface area contributed by atoms with Gasteiger partial charge in [0.2, 0.25) is 15.9 Å². The van der Waals surface area contributed by atoms with Crippen LogP contribution in [0, 0.1) is 0 Å². The van der Waals surface area contributed by atoms with E-state index in [2.05, 4.69) is 10.0 Å². The molecule has 174 valence electrons.